The summed E-state index contributed by atoms with van der Waals surface area (Å²) in [5.74, 6) is 0. The SMILES string of the molecule is CC1OC2CCCCOC2CC1O. The van der Waals surface area contributed by atoms with Gasteiger partial charge >= 0.3 is 0 Å². The minimum absolute atomic E-state index is 0.0250. The first-order valence-corrected chi connectivity index (χ1v) is 5.22. The summed E-state index contributed by atoms with van der Waals surface area (Å²) in [6.45, 7) is 2.76. The van der Waals surface area contributed by atoms with Crippen molar-refractivity contribution >= 4 is 0 Å². The van der Waals surface area contributed by atoms with Crippen molar-refractivity contribution in [3.63, 3.8) is 0 Å². The fourth-order valence-electron chi connectivity index (χ4n) is 2.15. The van der Waals surface area contributed by atoms with E-state index < -0.39 is 0 Å². The molecule has 1 N–H and O–H groups in total. The van der Waals surface area contributed by atoms with Gasteiger partial charge in [-0.15, -0.1) is 0 Å². The largest absolute Gasteiger partial charge is 0.390 e. The Hall–Kier alpha value is -0.120. The molecule has 2 saturated heterocycles. The molecule has 0 saturated carbocycles. The van der Waals surface area contributed by atoms with Crippen molar-refractivity contribution in [1.29, 1.82) is 0 Å². The van der Waals surface area contributed by atoms with E-state index in [4.69, 9.17) is 9.47 Å². The van der Waals surface area contributed by atoms with Crippen LogP contribution in [0, 0.1) is 0 Å². The molecule has 2 heterocycles. The number of aliphatic hydroxyl groups is 1. The van der Waals surface area contributed by atoms with Gasteiger partial charge in [-0.25, -0.2) is 0 Å². The zero-order valence-corrected chi connectivity index (χ0v) is 8.11. The topological polar surface area (TPSA) is 38.7 Å². The first-order valence-electron chi connectivity index (χ1n) is 5.22. The van der Waals surface area contributed by atoms with Crippen molar-refractivity contribution in [3.8, 4) is 0 Å². The first-order chi connectivity index (χ1) is 6.27. The van der Waals surface area contributed by atoms with E-state index >= 15 is 0 Å². The molecule has 0 amide bonds. The minimum Gasteiger partial charge on any atom is -0.390 e. The molecule has 0 radical (unpaired) electrons. The zero-order chi connectivity index (χ0) is 9.26. The second kappa shape index (κ2) is 3.95. The summed E-state index contributed by atoms with van der Waals surface area (Å²) < 4.78 is 11.3. The van der Waals surface area contributed by atoms with Crippen LogP contribution in [-0.4, -0.2) is 36.1 Å². The maximum atomic E-state index is 9.60. The van der Waals surface area contributed by atoms with Crippen LogP contribution in [0.4, 0.5) is 0 Å². The highest BCUT2D eigenvalue weighted by molar-refractivity contribution is 4.85. The predicted octanol–water partition coefficient (Wildman–Crippen LogP) is 1.09. The second-order valence-corrected chi connectivity index (χ2v) is 4.09. The predicted molar refractivity (Wildman–Crippen MR) is 48.5 cm³/mol. The van der Waals surface area contributed by atoms with Crippen LogP contribution >= 0.6 is 0 Å². The number of rotatable bonds is 0. The zero-order valence-electron chi connectivity index (χ0n) is 8.11. The van der Waals surface area contributed by atoms with E-state index in [1.54, 1.807) is 0 Å². The lowest BCUT2D eigenvalue weighted by Crippen LogP contribution is -2.46. The molecule has 2 fully saturated rings. The van der Waals surface area contributed by atoms with Gasteiger partial charge in [0.1, 0.15) is 0 Å². The molecule has 2 aliphatic heterocycles. The summed E-state index contributed by atoms with van der Waals surface area (Å²) in [6, 6.07) is 0. The molecule has 0 aromatic carbocycles. The Labute approximate surface area is 79.0 Å². The number of ether oxygens (including phenoxy) is 2. The number of fused-ring (bicyclic) bond motifs is 1. The van der Waals surface area contributed by atoms with E-state index in [2.05, 4.69) is 0 Å². The molecule has 0 aliphatic carbocycles. The molecule has 3 heteroatoms. The summed E-state index contributed by atoms with van der Waals surface area (Å²) in [6.07, 6.45) is 4.12. The molecule has 4 atom stereocenters. The van der Waals surface area contributed by atoms with Gasteiger partial charge in [-0.3, -0.25) is 0 Å². The summed E-state index contributed by atoms with van der Waals surface area (Å²) in [5.41, 5.74) is 0. The van der Waals surface area contributed by atoms with Crippen molar-refractivity contribution in [1.82, 2.24) is 0 Å². The quantitative estimate of drug-likeness (QED) is 0.615. The molecular weight excluding hydrogens is 168 g/mol. The fourth-order valence-corrected chi connectivity index (χ4v) is 2.15. The van der Waals surface area contributed by atoms with Crippen molar-refractivity contribution < 1.29 is 14.6 Å². The van der Waals surface area contributed by atoms with Gasteiger partial charge in [0.25, 0.3) is 0 Å². The smallest absolute Gasteiger partial charge is 0.0862 e. The van der Waals surface area contributed by atoms with Gasteiger partial charge in [-0.05, 0) is 26.2 Å². The Morgan fingerprint density at radius 2 is 2.08 bits per heavy atom. The molecule has 2 rings (SSSR count). The number of aliphatic hydroxyl groups excluding tert-OH is 1. The van der Waals surface area contributed by atoms with Gasteiger partial charge in [0.05, 0.1) is 24.4 Å². The number of hydrogen-bond acceptors (Lipinski definition) is 3. The third-order valence-electron chi connectivity index (χ3n) is 3.03. The van der Waals surface area contributed by atoms with Crippen molar-refractivity contribution in [2.75, 3.05) is 6.61 Å². The highest BCUT2D eigenvalue weighted by Crippen LogP contribution is 2.28. The standard InChI is InChI=1S/C10H18O3/c1-7-8(11)6-10-9(13-7)4-2-3-5-12-10/h7-11H,2-6H2,1H3. The van der Waals surface area contributed by atoms with Crippen LogP contribution in [0.1, 0.15) is 32.6 Å². The monoisotopic (exact) mass is 186 g/mol. The normalized spacial score (nSPS) is 46.6. The lowest BCUT2D eigenvalue weighted by molar-refractivity contribution is -0.173. The van der Waals surface area contributed by atoms with Crippen LogP contribution < -0.4 is 0 Å². The molecule has 0 spiro atoms. The molecule has 3 nitrogen and oxygen atoms in total. The summed E-state index contributed by atoms with van der Waals surface area (Å²) in [5, 5.41) is 9.60. The highest BCUT2D eigenvalue weighted by atomic mass is 16.6. The van der Waals surface area contributed by atoms with E-state index in [-0.39, 0.29) is 24.4 Å². The Kier molecular flexibility index (Phi) is 2.86. The average Bonchev–Trinajstić information content (AvgIpc) is 2.31. The van der Waals surface area contributed by atoms with E-state index in [0.717, 1.165) is 25.9 Å². The molecule has 4 unspecified atom stereocenters. The summed E-state index contributed by atoms with van der Waals surface area (Å²) >= 11 is 0. The molecule has 0 aromatic rings. The fraction of sp³-hybridized carbons (Fsp3) is 1.00. The van der Waals surface area contributed by atoms with Gasteiger partial charge in [0.2, 0.25) is 0 Å². The lowest BCUT2D eigenvalue weighted by Gasteiger charge is -2.36. The Morgan fingerprint density at radius 1 is 1.23 bits per heavy atom. The van der Waals surface area contributed by atoms with E-state index in [0.29, 0.717) is 0 Å². The van der Waals surface area contributed by atoms with Crippen LogP contribution in [0.25, 0.3) is 0 Å². The van der Waals surface area contributed by atoms with Crippen LogP contribution in [-0.2, 0) is 9.47 Å². The summed E-state index contributed by atoms with van der Waals surface area (Å²) in [4.78, 5) is 0. The highest BCUT2D eigenvalue weighted by Gasteiger charge is 2.36. The molecule has 2 aliphatic rings. The Balaban J connectivity index is 1.99. The minimum atomic E-state index is -0.348. The molecule has 76 valence electrons. The summed E-state index contributed by atoms with van der Waals surface area (Å²) in [7, 11) is 0. The van der Waals surface area contributed by atoms with Crippen LogP contribution in [0.2, 0.25) is 0 Å². The van der Waals surface area contributed by atoms with Gasteiger partial charge in [-0.2, -0.15) is 0 Å². The van der Waals surface area contributed by atoms with Crippen molar-refractivity contribution in [2.24, 2.45) is 0 Å². The van der Waals surface area contributed by atoms with E-state index in [9.17, 15) is 5.11 Å². The van der Waals surface area contributed by atoms with Crippen molar-refractivity contribution in [2.45, 2.75) is 57.0 Å². The average molecular weight is 186 g/mol. The van der Waals surface area contributed by atoms with Crippen molar-refractivity contribution in [3.05, 3.63) is 0 Å². The third kappa shape index (κ3) is 2.03. The van der Waals surface area contributed by atoms with E-state index in [1.165, 1.54) is 6.42 Å². The van der Waals surface area contributed by atoms with Gasteiger partial charge in [-0.1, -0.05) is 0 Å². The molecular formula is C10H18O3. The molecule has 13 heavy (non-hydrogen) atoms. The van der Waals surface area contributed by atoms with Gasteiger partial charge in [0.15, 0.2) is 0 Å². The second-order valence-electron chi connectivity index (χ2n) is 4.09. The number of hydrogen-bond donors (Lipinski definition) is 1. The van der Waals surface area contributed by atoms with Crippen LogP contribution in [0.3, 0.4) is 0 Å². The maximum Gasteiger partial charge on any atom is 0.0862 e. The van der Waals surface area contributed by atoms with Gasteiger partial charge in [0, 0.05) is 13.0 Å². The van der Waals surface area contributed by atoms with Gasteiger partial charge < -0.3 is 14.6 Å². The van der Waals surface area contributed by atoms with E-state index in [1.807, 2.05) is 6.92 Å². The lowest BCUT2D eigenvalue weighted by atomic mass is 9.96. The molecule has 0 bridgehead atoms. The first kappa shape index (κ1) is 9.44. The third-order valence-corrected chi connectivity index (χ3v) is 3.03. The van der Waals surface area contributed by atoms with Crippen LogP contribution in [0.15, 0.2) is 0 Å². The Morgan fingerprint density at radius 3 is 2.92 bits per heavy atom. The maximum absolute atomic E-state index is 9.60. The molecule has 0 aromatic heterocycles. The Bertz CT molecular complexity index is 154. The van der Waals surface area contributed by atoms with Crippen LogP contribution in [0.5, 0.6) is 0 Å².